The molecule has 3 aliphatic heterocycles. The van der Waals surface area contributed by atoms with Crippen LogP contribution in [0.3, 0.4) is 0 Å². The molecule has 3 rings (SSSR count). The lowest BCUT2D eigenvalue weighted by molar-refractivity contribution is -0.163. The van der Waals surface area contributed by atoms with E-state index in [2.05, 4.69) is 5.32 Å². The van der Waals surface area contributed by atoms with Crippen molar-refractivity contribution in [2.24, 2.45) is 11.8 Å². The number of fused-ring (bicyclic) bond motifs is 1. The van der Waals surface area contributed by atoms with E-state index >= 15 is 0 Å². The number of aliphatic hydroxyl groups is 1. The summed E-state index contributed by atoms with van der Waals surface area (Å²) in [5, 5.41) is 23.3. The number of aliphatic carboxylic acids is 1. The van der Waals surface area contributed by atoms with Crippen LogP contribution in [0, 0.1) is 11.8 Å². The number of hydrogen-bond donors (Lipinski definition) is 3. The Morgan fingerprint density at radius 2 is 2.07 bits per heavy atom. The average molecular weight is 444 g/mol. The average Bonchev–Trinajstić information content (AvgIpc) is 3.16. The standard InChI is InChI=1S/C19H29N3O5S2/c1-9-15-14(10(2)23)18(25)22(15)16(19(26)27)17(9)29-12-5-11(20-6-12)7-28-8-13(24)21(3)4/h9-12,14-15,20,23H,5-8H2,1-4H3,(H,26,27)/t9-,10-,11+,12+,14-,15-/m1/s1. The molecule has 29 heavy (non-hydrogen) atoms. The number of rotatable bonds is 8. The number of carbonyl (C=O) groups excluding carboxylic acids is 2. The van der Waals surface area contributed by atoms with Crippen molar-refractivity contribution in [1.82, 2.24) is 15.1 Å². The van der Waals surface area contributed by atoms with Crippen molar-refractivity contribution in [3.05, 3.63) is 10.6 Å². The van der Waals surface area contributed by atoms with Gasteiger partial charge in [0, 0.05) is 48.5 Å². The van der Waals surface area contributed by atoms with Crippen LogP contribution in [0.2, 0.25) is 0 Å². The van der Waals surface area contributed by atoms with E-state index in [4.69, 9.17) is 0 Å². The zero-order valence-electron chi connectivity index (χ0n) is 17.1. The lowest BCUT2D eigenvalue weighted by Crippen LogP contribution is -2.63. The first-order valence-electron chi connectivity index (χ1n) is 9.80. The van der Waals surface area contributed by atoms with Crippen LogP contribution in [0.25, 0.3) is 0 Å². The number of aliphatic hydroxyl groups excluding tert-OH is 1. The van der Waals surface area contributed by atoms with E-state index in [0.29, 0.717) is 5.75 Å². The van der Waals surface area contributed by atoms with Crippen LogP contribution in [-0.2, 0) is 14.4 Å². The quantitative estimate of drug-likeness (QED) is 0.463. The number of thioether (sulfide) groups is 2. The molecule has 3 heterocycles. The molecule has 0 bridgehead atoms. The first kappa shape index (κ1) is 22.5. The Morgan fingerprint density at radius 3 is 2.66 bits per heavy atom. The van der Waals surface area contributed by atoms with Gasteiger partial charge in [-0.3, -0.25) is 9.59 Å². The number of β-lactam (4-membered cyclic amide) rings is 1. The Hall–Kier alpha value is -1.23. The number of amides is 2. The van der Waals surface area contributed by atoms with Gasteiger partial charge in [-0.2, -0.15) is 11.8 Å². The van der Waals surface area contributed by atoms with Crippen molar-refractivity contribution < 1.29 is 24.6 Å². The van der Waals surface area contributed by atoms with Gasteiger partial charge >= 0.3 is 5.97 Å². The molecule has 0 aliphatic carbocycles. The molecule has 6 atom stereocenters. The molecule has 2 fully saturated rings. The Labute approximate surface area is 179 Å². The number of nitrogens with zero attached hydrogens (tertiary/aromatic N) is 2. The van der Waals surface area contributed by atoms with Gasteiger partial charge in [-0.25, -0.2) is 4.79 Å². The molecule has 8 nitrogen and oxygen atoms in total. The van der Waals surface area contributed by atoms with E-state index in [1.807, 2.05) is 6.92 Å². The molecule has 3 N–H and O–H groups in total. The van der Waals surface area contributed by atoms with Gasteiger partial charge in [0.25, 0.3) is 0 Å². The second-order valence-electron chi connectivity index (χ2n) is 8.16. The molecule has 0 unspecified atom stereocenters. The fourth-order valence-corrected chi connectivity index (χ4v) is 6.88. The molecule has 10 heteroatoms. The third-order valence-electron chi connectivity index (χ3n) is 5.83. The molecule has 2 saturated heterocycles. The highest BCUT2D eigenvalue weighted by Crippen LogP contribution is 2.51. The number of carbonyl (C=O) groups is 3. The fraction of sp³-hybridized carbons (Fsp3) is 0.737. The van der Waals surface area contributed by atoms with Crippen LogP contribution in [0.5, 0.6) is 0 Å². The molecule has 0 aromatic carbocycles. The van der Waals surface area contributed by atoms with Gasteiger partial charge in [0.1, 0.15) is 5.70 Å². The molecule has 162 valence electrons. The Balaban J connectivity index is 1.61. The summed E-state index contributed by atoms with van der Waals surface area (Å²) in [6.07, 6.45) is 0.0973. The molecule has 0 spiro atoms. The molecule has 2 amide bonds. The molecule has 0 radical (unpaired) electrons. The summed E-state index contributed by atoms with van der Waals surface area (Å²) in [6, 6.07) is 0.00998. The van der Waals surface area contributed by atoms with Crippen LogP contribution in [0.4, 0.5) is 0 Å². The molecule has 0 aromatic heterocycles. The van der Waals surface area contributed by atoms with Crippen LogP contribution in [-0.4, -0.2) is 93.4 Å². The highest BCUT2D eigenvalue weighted by Gasteiger charge is 2.60. The first-order valence-corrected chi connectivity index (χ1v) is 11.8. The van der Waals surface area contributed by atoms with E-state index in [9.17, 15) is 24.6 Å². The van der Waals surface area contributed by atoms with Gasteiger partial charge in [0.05, 0.1) is 23.8 Å². The second-order valence-corrected chi connectivity index (χ2v) is 10.5. The smallest absolute Gasteiger partial charge is 0.353 e. The Bertz CT molecular complexity index is 727. The lowest BCUT2D eigenvalue weighted by Gasteiger charge is -2.46. The summed E-state index contributed by atoms with van der Waals surface area (Å²) in [6.45, 7) is 4.29. The third-order valence-corrected chi connectivity index (χ3v) is 8.43. The molecule has 0 saturated carbocycles. The maximum Gasteiger partial charge on any atom is 0.353 e. The van der Waals surface area contributed by atoms with E-state index in [1.165, 1.54) is 4.90 Å². The first-order chi connectivity index (χ1) is 13.6. The Kier molecular flexibility index (Phi) is 6.87. The number of nitrogens with one attached hydrogen (secondary N) is 1. The minimum absolute atomic E-state index is 0.0869. The molecular formula is C19H29N3O5S2. The summed E-state index contributed by atoms with van der Waals surface area (Å²) in [7, 11) is 3.49. The van der Waals surface area contributed by atoms with Gasteiger partial charge in [0.2, 0.25) is 11.8 Å². The van der Waals surface area contributed by atoms with Crippen molar-refractivity contribution >= 4 is 41.3 Å². The monoisotopic (exact) mass is 443 g/mol. The second kappa shape index (κ2) is 8.87. The summed E-state index contributed by atoms with van der Waals surface area (Å²) >= 11 is 3.15. The summed E-state index contributed by atoms with van der Waals surface area (Å²) in [4.78, 5) is 39.7. The van der Waals surface area contributed by atoms with Crippen LogP contribution >= 0.6 is 23.5 Å². The predicted molar refractivity (Wildman–Crippen MR) is 113 cm³/mol. The maximum atomic E-state index is 12.4. The zero-order valence-corrected chi connectivity index (χ0v) is 18.8. The van der Waals surface area contributed by atoms with Gasteiger partial charge in [-0.05, 0) is 13.3 Å². The van der Waals surface area contributed by atoms with Crippen molar-refractivity contribution in [2.75, 3.05) is 32.1 Å². The van der Waals surface area contributed by atoms with Crippen molar-refractivity contribution in [3.63, 3.8) is 0 Å². The normalized spacial score (nSPS) is 32.2. The topological polar surface area (TPSA) is 110 Å². The summed E-state index contributed by atoms with van der Waals surface area (Å²) in [5.41, 5.74) is 0.0869. The summed E-state index contributed by atoms with van der Waals surface area (Å²) < 4.78 is 0. The van der Waals surface area contributed by atoms with Gasteiger partial charge in [-0.1, -0.05) is 6.92 Å². The molecule has 3 aliphatic rings. The number of carboxylic acid groups (broad SMARTS) is 1. The predicted octanol–water partition coefficient (Wildman–Crippen LogP) is 0.425. The van der Waals surface area contributed by atoms with Crippen LogP contribution < -0.4 is 5.32 Å². The van der Waals surface area contributed by atoms with Crippen molar-refractivity contribution in [1.29, 1.82) is 0 Å². The largest absolute Gasteiger partial charge is 0.477 e. The maximum absolute atomic E-state index is 12.4. The minimum atomic E-state index is -1.08. The lowest BCUT2D eigenvalue weighted by atomic mass is 9.79. The van der Waals surface area contributed by atoms with Crippen LogP contribution in [0.1, 0.15) is 20.3 Å². The molecule has 0 aromatic rings. The highest BCUT2D eigenvalue weighted by molar-refractivity contribution is 8.03. The van der Waals surface area contributed by atoms with E-state index in [0.717, 1.165) is 23.6 Å². The highest BCUT2D eigenvalue weighted by atomic mass is 32.2. The van der Waals surface area contributed by atoms with Gasteiger partial charge in [-0.15, -0.1) is 11.8 Å². The fourth-order valence-electron chi connectivity index (χ4n) is 4.27. The van der Waals surface area contributed by atoms with E-state index in [1.54, 1.807) is 49.4 Å². The SMILES string of the molecule is C[C@@H](O)[C@H]1C(=O)N2C(C(=O)O)=C(S[C@@H]3CN[C@H](CSCC(=O)N(C)C)C3)[C@H](C)[C@H]12. The van der Waals surface area contributed by atoms with Gasteiger partial charge < -0.3 is 25.3 Å². The molecular weight excluding hydrogens is 414 g/mol. The van der Waals surface area contributed by atoms with Crippen LogP contribution in [0.15, 0.2) is 10.6 Å². The minimum Gasteiger partial charge on any atom is -0.477 e. The number of carboxylic acids is 1. The number of hydrogen-bond acceptors (Lipinski definition) is 7. The van der Waals surface area contributed by atoms with Crippen molar-refractivity contribution in [3.8, 4) is 0 Å². The Morgan fingerprint density at radius 1 is 1.38 bits per heavy atom. The van der Waals surface area contributed by atoms with E-state index in [-0.39, 0.29) is 40.8 Å². The van der Waals surface area contributed by atoms with E-state index < -0.39 is 18.0 Å². The van der Waals surface area contributed by atoms with Gasteiger partial charge in [0.15, 0.2) is 0 Å². The summed E-state index contributed by atoms with van der Waals surface area (Å²) in [5.74, 6) is -0.639. The van der Waals surface area contributed by atoms with Crippen molar-refractivity contribution in [2.45, 2.75) is 43.7 Å². The zero-order chi connectivity index (χ0) is 21.5. The third kappa shape index (κ3) is 4.30.